The van der Waals surface area contributed by atoms with Crippen LogP contribution in [0.4, 0.5) is 36.5 Å². The standard InChI is InChI=1S/C32H38F2N6O3/c33-32(34)19-31(32)7-9-38(10-8-31)23-5-6-26(36-18-23)39-11-12-40(25-4-2-1-3-24(25)39)43-29(42)37-27-21-13-20-14-22(27)17-30(15-20,16-21)28(35)41/h1-6,18,20-22,27H,7-17,19H2,(H2,35,41)(H,37,42)/t20?,21-,22+,27?,30?. The summed E-state index contributed by atoms with van der Waals surface area (Å²) < 4.78 is 27.6. The largest absolute Gasteiger partial charge is 0.431 e. The van der Waals surface area contributed by atoms with E-state index in [-0.39, 0.29) is 30.2 Å². The predicted molar refractivity (Wildman–Crippen MR) is 157 cm³/mol. The number of nitrogens with zero attached hydrogens (tertiary/aromatic N) is 4. The fourth-order valence-corrected chi connectivity index (χ4v) is 9.33. The molecule has 6 fully saturated rings. The SMILES string of the molecule is NC(=O)C12CC3C[C@H](C1)C(NC(=O)ON1CCN(c4ccc(N5CCC6(CC5)CC6(F)F)cn4)c4ccccc41)[C@@H](C3)C2. The van der Waals surface area contributed by atoms with E-state index >= 15 is 0 Å². The molecule has 11 heteroatoms. The minimum absolute atomic E-state index is 0.00183. The number of primary amides is 1. The second-order valence-corrected chi connectivity index (χ2v) is 13.9. The molecular weight excluding hydrogens is 554 g/mol. The quantitative estimate of drug-likeness (QED) is 0.505. The van der Waals surface area contributed by atoms with E-state index in [9.17, 15) is 18.4 Å². The van der Waals surface area contributed by atoms with Crippen LogP contribution in [0.15, 0.2) is 42.6 Å². The normalized spacial score (nSPS) is 32.8. The highest BCUT2D eigenvalue weighted by atomic mass is 19.3. The molecule has 9 nitrogen and oxygen atoms in total. The third kappa shape index (κ3) is 4.32. The van der Waals surface area contributed by atoms with Gasteiger partial charge in [-0.25, -0.2) is 23.6 Å². The van der Waals surface area contributed by atoms with Crippen LogP contribution < -0.4 is 25.9 Å². The van der Waals surface area contributed by atoms with Gasteiger partial charge in [-0.3, -0.25) is 4.79 Å². The highest BCUT2D eigenvalue weighted by Gasteiger charge is 2.70. The number of pyridine rings is 1. The van der Waals surface area contributed by atoms with Gasteiger partial charge in [0, 0.05) is 42.9 Å². The molecule has 43 heavy (non-hydrogen) atoms. The Morgan fingerprint density at radius 1 is 0.953 bits per heavy atom. The summed E-state index contributed by atoms with van der Waals surface area (Å²) in [5.74, 6) is -0.873. The number of nitrogens with one attached hydrogen (secondary N) is 1. The molecule has 5 aliphatic carbocycles. The van der Waals surface area contributed by atoms with E-state index < -0.39 is 22.8 Å². The number of nitrogens with two attached hydrogens (primary N) is 1. The minimum atomic E-state index is -2.49. The zero-order valence-electron chi connectivity index (χ0n) is 24.2. The van der Waals surface area contributed by atoms with Crippen molar-refractivity contribution in [2.75, 3.05) is 41.0 Å². The number of amides is 2. The van der Waals surface area contributed by atoms with Crippen LogP contribution in [0.1, 0.15) is 51.4 Å². The Kier molecular flexibility index (Phi) is 5.91. The van der Waals surface area contributed by atoms with Gasteiger partial charge in [-0.2, -0.15) is 0 Å². The zero-order valence-corrected chi connectivity index (χ0v) is 24.2. The van der Waals surface area contributed by atoms with E-state index in [2.05, 4.69) is 15.1 Å². The van der Waals surface area contributed by atoms with Gasteiger partial charge in [0.1, 0.15) is 5.82 Å². The lowest BCUT2D eigenvalue weighted by Gasteiger charge is -2.58. The Labute approximate surface area is 249 Å². The van der Waals surface area contributed by atoms with Crippen molar-refractivity contribution in [1.82, 2.24) is 10.3 Å². The average Bonchev–Trinajstić information content (AvgIpc) is 3.53. The molecular formula is C32H38F2N6O3. The highest BCUT2D eigenvalue weighted by molar-refractivity contribution is 5.82. The zero-order chi connectivity index (χ0) is 29.6. The van der Waals surface area contributed by atoms with Crippen molar-refractivity contribution < 1.29 is 23.2 Å². The molecule has 3 unspecified atom stereocenters. The molecule has 2 amide bonds. The fraction of sp³-hybridized carbons (Fsp3) is 0.594. The summed E-state index contributed by atoms with van der Waals surface area (Å²) in [6.45, 7) is 2.26. The topological polar surface area (TPSA) is 104 Å². The van der Waals surface area contributed by atoms with E-state index in [1.807, 2.05) is 42.6 Å². The molecule has 2 aliphatic heterocycles. The summed E-state index contributed by atoms with van der Waals surface area (Å²) in [4.78, 5) is 40.4. The number of alkyl halides is 2. The molecule has 2 aromatic rings. The summed E-state index contributed by atoms with van der Waals surface area (Å²) in [6.07, 6.45) is 6.87. The number of fused-ring (bicyclic) bond motifs is 1. The third-order valence-corrected chi connectivity index (χ3v) is 11.5. The second kappa shape index (κ2) is 9.43. The number of para-hydroxylation sites is 2. The van der Waals surface area contributed by atoms with Crippen LogP contribution in [0.25, 0.3) is 0 Å². The van der Waals surface area contributed by atoms with Crippen LogP contribution >= 0.6 is 0 Å². The van der Waals surface area contributed by atoms with Crippen LogP contribution in [0, 0.1) is 28.6 Å². The van der Waals surface area contributed by atoms with Crippen molar-refractivity contribution in [3.8, 4) is 0 Å². The molecule has 3 heterocycles. The van der Waals surface area contributed by atoms with Crippen molar-refractivity contribution >= 4 is 34.9 Å². The Morgan fingerprint density at radius 3 is 2.28 bits per heavy atom. The van der Waals surface area contributed by atoms with Gasteiger partial charge in [0.05, 0.1) is 29.8 Å². The summed E-state index contributed by atoms with van der Waals surface area (Å²) >= 11 is 0. The van der Waals surface area contributed by atoms with Crippen molar-refractivity contribution in [3.05, 3.63) is 42.6 Å². The van der Waals surface area contributed by atoms with Crippen molar-refractivity contribution in [2.45, 2.75) is 63.3 Å². The number of aromatic nitrogens is 1. The molecule has 4 bridgehead atoms. The number of hydrogen-bond donors (Lipinski definition) is 2. The van der Waals surface area contributed by atoms with Crippen molar-refractivity contribution in [1.29, 1.82) is 0 Å². The van der Waals surface area contributed by atoms with Crippen molar-refractivity contribution in [2.24, 2.45) is 34.3 Å². The maximum absolute atomic E-state index is 13.8. The molecule has 7 aliphatic rings. The van der Waals surface area contributed by atoms with Gasteiger partial charge >= 0.3 is 6.09 Å². The third-order valence-electron chi connectivity index (χ3n) is 11.5. The number of piperidine rings is 1. The van der Waals surface area contributed by atoms with Crippen LogP contribution in [-0.2, 0) is 9.63 Å². The number of anilines is 4. The molecule has 3 N–H and O–H groups in total. The van der Waals surface area contributed by atoms with E-state index in [0.29, 0.717) is 44.9 Å². The van der Waals surface area contributed by atoms with Crippen LogP contribution in [-0.4, -0.2) is 55.1 Å². The van der Waals surface area contributed by atoms with Crippen LogP contribution in [0.3, 0.4) is 0 Å². The lowest BCUT2D eigenvalue weighted by Crippen LogP contribution is -2.62. The Balaban J connectivity index is 0.925. The Morgan fingerprint density at radius 2 is 1.65 bits per heavy atom. The molecule has 1 saturated heterocycles. The van der Waals surface area contributed by atoms with Gasteiger partial charge in [0.15, 0.2) is 0 Å². The number of rotatable bonds is 5. The van der Waals surface area contributed by atoms with Gasteiger partial charge in [0.2, 0.25) is 5.91 Å². The highest BCUT2D eigenvalue weighted by Crippen LogP contribution is 2.66. The number of halogens is 2. The first kappa shape index (κ1) is 27.0. The van der Waals surface area contributed by atoms with E-state index in [1.54, 1.807) is 5.06 Å². The first-order valence-corrected chi connectivity index (χ1v) is 15.7. The molecule has 9 rings (SSSR count). The molecule has 1 spiro atoms. The number of carbonyl (C=O) groups excluding carboxylic acids is 2. The summed E-state index contributed by atoms with van der Waals surface area (Å²) in [5.41, 5.74) is 7.26. The monoisotopic (exact) mass is 592 g/mol. The molecule has 0 radical (unpaired) electrons. The molecule has 1 aromatic heterocycles. The number of hydroxylamine groups is 1. The number of carbonyl (C=O) groups is 2. The van der Waals surface area contributed by atoms with E-state index in [1.165, 1.54) is 0 Å². The Hall–Kier alpha value is -3.63. The lowest BCUT2D eigenvalue weighted by atomic mass is 9.47. The summed E-state index contributed by atoms with van der Waals surface area (Å²) in [6, 6.07) is 11.8. The minimum Gasteiger partial charge on any atom is -0.370 e. The fourth-order valence-electron chi connectivity index (χ4n) is 9.33. The molecule has 1 aromatic carbocycles. The lowest BCUT2D eigenvalue weighted by molar-refractivity contribution is -0.145. The molecule has 5 atom stereocenters. The molecule has 5 saturated carbocycles. The van der Waals surface area contributed by atoms with Gasteiger partial charge in [-0.1, -0.05) is 12.1 Å². The van der Waals surface area contributed by atoms with Crippen LogP contribution in [0.5, 0.6) is 0 Å². The second-order valence-electron chi connectivity index (χ2n) is 13.9. The maximum Gasteiger partial charge on any atom is 0.431 e. The summed E-state index contributed by atoms with van der Waals surface area (Å²) in [7, 11) is 0. The smallest absolute Gasteiger partial charge is 0.370 e. The number of hydrogen-bond acceptors (Lipinski definition) is 7. The van der Waals surface area contributed by atoms with Gasteiger partial charge < -0.3 is 25.7 Å². The average molecular weight is 593 g/mol. The first-order chi connectivity index (χ1) is 20.7. The molecule has 228 valence electrons. The van der Waals surface area contributed by atoms with Crippen molar-refractivity contribution in [3.63, 3.8) is 0 Å². The predicted octanol–water partition coefficient (Wildman–Crippen LogP) is 4.99. The van der Waals surface area contributed by atoms with E-state index in [0.717, 1.165) is 55.0 Å². The Bertz CT molecular complexity index is 1430. The number of benzene rings is 1. The van der Waals surface area contributed by atoms with Gasteiger partial charge in [-0.15, -0.1) is 0 Å². The van der Waals surface area contributed by atoms with Gasteiger partial charge in [-0.05, 0) is 87.0 Å². The van der Waals surface area contributed by atoms with Gasteiger partial charge in [0.25, 0.3) is 5.92 Å². The van der Waals surface area contributed by atoms with Crippen LogP contribution in [0.2, 0.25) is 0 Å². The first-order valence-electron chi connectivity index (χ1n) is 15.7. The van der Waals surface area contributed by atoms with E-state index in [4.69, 9.17) is 15.6 Å². The summed E-state index contributed by atoms with van der Waals surface area (Å²) in [5, 5.41) is 4.81. The maximum atomic E-state index is 13.8.